The molecule has 1 unspecified atom stereocenters. The van der Waals surface area contributed by atoms with Gasteiger partial charge in [-0.05, 0) is 44.7 Å². The van der Waals surface area contributed by atoms with E-state index < -0.39 is 5.60 Å². The van der Waals surface area contributed by atoms with Crippen LogP contribution >= 0.6 is 0 Å². The minimum Gasteiger partial charge on any atom is -0.465 e. The second kappa shape index (κ2) is 8.69. The summed E-state index contributed by atoms with van der Waals surface area (Å²) >= 11 is 0. The third kappa shape index (κ3) is 6.85. The first-order chi connectivity index (χ1) is 10.3. The average Bonchev–Trinajstić information content (AvgIpc) is 2.45. The number of rotatable bonds is 8. The third-order valence-electron chi connectivity index (χ3n) is 3.53. The number of para-hydroxylation sites is 1. The second-order valence-corrected chi connectivity index (χ2v) is 6.37. The molecule has 0 saturated carbocycles. The molecule has 0 aliphatic rings. The first-order valence-electron chi connectivity index (χ1n) is 7.75. The van der Waals surface area contributed by atoms with E-state index in [1.165, 1.54) is 7.11 Å². The van der Waals surface area contributed by atoms with E-state index in [0.29, 0.717) is 17.2 Å². The molecule has 1 atom stereocenters. The summed E-state index contributed by atoms with van der Waals surface area (Å²) in [6.45, 7) is 5.84. The summed E-state index contributed by atoms with van der Waals surface area (Å²) < 4.78 is 4.75. The lowest BCUT2D eigenvalue weighted by Gasteiger charge is -2.17. The number of esters is 1. The smallest absolute Gasteiger partial charge is 0.340 e. The number of hydrogen-bond acceptors (Lipinski definition) is 4. The average molecular weight is 305 g/mol. The van der Waals surface area contributed by atoms with E-state index in [9.17, 15) is 9.90 Å². The van der Waals surface area contributed by atoms with Crippen LogP contribution in [-0.2, 0) is 4.74 Å². The van der Waals surface area contributed by atoms with Gasteiger partial charge >= 0.3 is 5.97 Å². The van der Waals surface area contributed by atoms with Gasteiger partial charge in [-0.2, -0.15) is 0 Å². The molecular weight excluding hydrogens is 278 g/mol. The fraction of sp³-hybridized carbons (Fsp3) is 0.556. The molecule has 122 valence electrons. The molecule has 0 aromatic heterocycles. The maximum Gasteiger partial charge on any atom is 0.340 e. The number of carbonyl (C=O) groups is 1. The van der Waals surface area contributed by atoms with Crippen LogP contribution in [0.1, 0.15) is 56.8 Å². The van der Waals surface area contributed by atoms with Crippen LogP contribution in [0.15, 0.2) is 29.3 Å². The summed E-state index contributed by atoms with van der Waals surface area (Å²) in [4.78, 5) is 16.0. The maximum atomic E-state index is 11.6. The number of hydrogen-bond donors (Lipinski definition) is 1. The quantitative estimate of drug-likeness (QED) is 0.580. The molecule has 22 heavy (non-hydrogen) atoms. The van der Waals surface area contributed by atoms with Crippen molar-refractivity contribution >= 4 is 17.9 Å². The Morgan fingerprint density at radius 1 is 1.41 bits per heavy atom. The van der Waals surface area contributed by atoms with Crippen molar-refractivity contribution in [2.24, 2.45) is 10.9 Å². The van der Waals surface area contributed by atoms with Gasteiger partial charge in [0, 0.05) is 6.21 Å². The van der Waals surface area contributed by atoms with Gasteiger partial charge in [0.15, 0.2) is 0 Å². The highest BCUT2D eigenvalue weighted by atomic mass is 16.5. The van der Waals surface area contributed by atoms with Gasteiger partial charge in [-0.1, -0.05) is 31.9 Å². The van der Waals surface area contributed by atoms with Crippen molar-refractivity contribution < 1.29 is 14.6 Å². The fourth-order valence-corrected chi connectivity index (χ4v) is 2.20. The summed E-state index contributed by atoms with van der Waals surface area (Å²) in [5.74, 6) is 0.127. The highest BCUT2D eigenvalue weighted by Gasteiger charge is 2.13. The van der Waals surface area contributed by atoms with Crippen molar-refractivity contribution in [2.45, 2.75) is 52.1 Å². The molecule has 4 heteroatoms. The molecule has 0 radical (unpaired) electrons. The molecule has 0 aliphatic heterocycles. The van der Waals surface area contributed by atoms with Gasteiger partial charge in [-0.3, -0.25) is 4.99 Å². The molecule has 0 heterocycles. The molecule has 0 spiro atoms. The Bertz CT molecular complexity index is 503. The number of nitrogens with zero attached hydrogens (tertiary/aromatic N) is 1. The number of aliphatic imine (C=N–C) groups is 1. The largest absolute Gasteiger partial charge is 0.465 e. The SMILES string of the molecule is COC(=O)c1ccccc1/N=C/CC(C)CCCC(C)(C)O. The molecule has 0 fully saturated rings. The highest BCUT2D eigenvalue weighted by molar-refractivity contribution is 5.95. The number of methoxy groups -OCH3 is 1. The second-order valence-electron chi connectivity index (χ2n) is 6.37. The van der Waals surface area contributed by atoms with Gasteiger partial charge in [0.05, 0.1) is 24.0 Å². The van der Waals surface area contributed by atoms with Crippen LogP contribution in [0.2, 0.25) is 0 Å². The Morgan fingerprint density at radius 2 is 2.09 bits per heavy atom. The zero-order valence-corrected chi connectivity index (χ0v) is 14.0. The van der Waals surface area contributed by atoms with Crippen molar-refractivity contribution in [1.29, 1.82) is 0 Å². The molecular formula is C18H27NO3. The van der Waals surface area contributed by atoms with E-state index >= 15 is 0 Å². The number of aliphatic hydroxyl groups is 1. The Balaban J connectivity index is 2.50. The minimum atomic E-state index is -0.590. The molecule has 1 N–H and O–H groups in total. The van der Waals surface area contributed by atoms with Crippen LogP contribution in [0, 0.1) is 5.92 Å². The summed E-state index contributed by atoms with van der Waals surface area (Å²) in [6, 6.07) is 7.17. The summed E-state index contributed by atoms with van der Waals surface area (Å²) in [5.41, 5.74) is 0.529. The van der Waals surface area contributed by atoms with Crippen molar-refractivity contribution in [3.8, 4) is 0 Å². The van der Waals surface area contributed by atoms with Crippen LogP contribution in [0.25, 0.3) is 0 Å². The molecule has 0 bridgehead atoms. The molecule has 4 nitrogen and oxygen atoms in total. The summed E-state index contributed by atoms with van der Waals surface area (Å²) in [7, 11) is 1.37. The van der Waals surface area contributed by atoms with Gasteiger partial charge in [-0.15, -0.1) is 0 Å². The lowest BCUT2D eigenvalue weighted by molar-refractivity contribution is 0.0601. The van der Waals surface area contributed by atoms with Crippen molar-refractivity contribution in [3.05, 3.63) is 29.8 Å². The predicted molar refractivity (Wildman–Crippen MR) is 89.9 cm³/mol. The molecule has 1 aromatic carbocycles. The third-order valence-corrected chi connectivity index (χ3v) is 3.53. The van der Waals surface area contributed by atoms with E-state index in [2.05, 4.69) is 11.9 Å². The van der Waals surface area contributed by atoms with Crippen LogP contribution in [0.3, 0.4) is 0 Å². The van der Waals surface area contributed by atoms with Crippen LogP contribution in [0.5, 0.6) is 0 Å². The van der Waals surface area contributed by atoms with Crippen LogP contribution in [0.4, 0.5) is 5.69 Å². The lowest BCUT2D eigenvalue weighted by atomic mass is 9.95. The Hall–Kier alpha value is -1.68. The first-order valence-corrected chi connectivity index (χ1v) is 7.75. The molecule has 1 aromatic rings. The number of ether oxygens (including phenoxy) is 1. The first kappa shape index (κ1) is 18.4. The van der Waals surface area contributed by atoms with Crippen molar-refractivity contribution in [2.75, 3.05) is 7.11 Å². The van der Waals surface area contributed by atoms with E-state index in [1.54, 1.807) is 12.1 Å². The van der Waals surface area contributed by atoms with Crippen molar-refractivity contribution in [1.82, 2.24) is 0 Å². The van der Waals surface area contributed by atoms with E-state index in [4.69, 9.17) is 4.74 Å². The normalized spacial score (nSPS) is 13.3. The van der Waals surface area contributed by atoms with Gasteiger partial charge in [0.25, 0.3) is 0 Å². The predicted octanol–water partition coefficient (Wildman–Crippen LogP) is 4.14. The fourth-order valence-electron chi connectivity index (χ4n) is 2.20. The monoisotopic (exact) mass is 305 g/mol. The van der Waals surface area contributed by atoms with Crippen LogP contribution in [-0.4, -0.2) is 30.0 Å². The summed E-state index contributed by atoms with van der Waals surface area (Å²) in [6.07, 6.45) is 5.56. The van der Waals surface area contributed by atoms with Gasteiger partial charge in [0.1, 0.15) is 0 Å². The molecule has 1 rings (SSSR count). The minimum absolute atomic E-state index is 0.369. The topological polar surface area (TPSA) is 58.9 Å². The zero-order valence-electron chi connectivity index (χ0n) is 14.0. The Kier molecular flexibility index (Phi) is 7.25. The summed E-state index contributed by atoms with van der Waals surface area (Å²) in [5, 5.41) is 9.69. The van der Waals surface area contributed by atoms with Gasteiger partial charge < -0.3 is 9.84 Å². The Morgan fingerprint density at radius 3 is 2.73 bits per heavy atom. The molecule has 0 saturated heterocycles. The number of carbonyl (C=O) groups excluding carboxylic acids is 1. The van der Waals surface area contributed by atoms with Gasteiger partial charge in [-0.25, -0.2) is 4.79 Å². The van der Waals surface area contributed by atoms with Crippen LogP contribution < -0.4 is 0 Å². The van der Waals surface area contributed by atoms with Crippen molar-refractivity contribution in [3.63, 3.8) is 0 Å². The Labute approximate surface area is 133 Å². The standard InChI is InChI=1S/C18H27NO3/c1-14(8-7-12-18(2,3)21)11-13-19-16-10-6-5-9-15(16)17(20)22-4/h5-6,9-10,13-14,21H,7-8,11-12H2,1-4H3/b19-13+. The molecule has 0 amide bonds. The van der Waals surface area contributed by atoms with E-state index in [-0.39, 0.29) is 5.97 Å². The molecule has 0 aliphatic carbocycles. The maximum absolute atomic E-state index is 11.6. The van der Waals surface area contributed by atoms with E-state index in [0.717, 1.165) is 25.7 Å². The van der Waals surface area contributed by atoms with Gasteiger partial charge in [0.2, 0.25) is 0 Å². The number of benzene rings is 1. The van der Waals surface area contributed by atoms with E-state index in [1.807, 2.05) is 32.2 Å². The zero-order chi connectivity index (χ0) is 16.6. The lowest BCUT2D eigenvalue weighted by Crippen LogP contribution is -2.18. The highest BCUT2D eigenvalue weighted by Crippen LogP contribution is 2.20.